The van der Waals surface area contributed by atoms with Gasteiger partial charge in [0.1, 0.15) is 11.2 Å². The van der Waals surface area contributed by atoms with E-state index in [0.717, 1.165) is 44.4 Å². The predicted octanol–water partition coefficient (Wildman–Crippen LogP) is 13.8. The van der Waals surface area contributed by atoms with Gasteiger partial charge in [0.05, 0.1) is 5.69 Å². The summed E-state index contributed by atoms with van der Waals surface area (Å²) in [7, 11) is 0. The molecule has 0 atom stereocenters. The molecule has 242 valence electrons. The van der Waals surface area contributed by atoms with Crippen molar-refractivity contribution in [3.63, 3.8) is 0 Å². The summed E-state index contributed by atoms with van der Waals surface area (Å²) in [4.78, 5) is 2.43. The van der Waals surface area contributed by atoms with E-state index in [4.69, 9.17) is 4.42 Å². The fourth-order valence-electron chi connectivity index (χ4n) is 8.24. The Hall–Kier alpha value is -6.38. The van der Waals surface area contributed by atoms with E-state index in [1.54, 1.807) is 0 Å². The lowest BCUT2D eigenvalue weighted by Crippen LogP contribution is -2.16. The molecular weight excluding hydrogens is 619 g/mol. The van der Waals surface area contributed by atoms with Crippen LogP contribution >= 0.6 is 0 Å². The SMILES string of the molecule is CC1(C)c2ccccc2-c2ccc(N(c3ccc(-c4ccccc4)cc3)c3ccccc3-c3ccc4cc5oc6ccccc6c5cc4c3)cc21. The second-order valence-electron chi connectivity index (χ2n) is 14.2. The normalized spacial score (nSPS) is 13.1. The minimum atomic E-state index is -0.106. The third-order valence-corrected chi connectivity index (χ3v) is 10.8. The van der Waals surface area contributed by atoms with Gasteiger partial charge in [0, 0.05) is 33.1 Å². The van der Waals surface area contributed by atoms with E-state index < -0.39 is 0 Å². The molecule has 1 aliphatic carbocycles. The van der Waals surface area contributed by atoms with E-state index in [0.29, 0.717) is 0 Å². The van der Waals surface area contributed by atoms with Gasteiger partial charge in [-0.3, -0.25) is 0 Å². The fraction of sp³-hybridized carbons (Fsp3) is 0.0612. The van der Waals surface area contributed by atoms with Crippen LogP contribution in [0.2, 0.25) is 0 Å². The van der Waals surface area contributed by atoms with Crippen LogP contribution in [0.1, 0.15) is 25.0 Å². The largest absolute Gasteiger partial charge is 0.456 e. The van der Waals surface area contributed by atoms with Crippen molar-refractivity contribution in [2.75, 3.05) is 4.90 Å². The summed E-state index contributed by atoms with van der Waals surface area (Å²) in [5.41, 5.74) is 15.3. The second kappa shape index (κ2) is 11.3. The zero-order valence-electron chi connectivity index (χ0n) is 28.6. The molecule has 0 saturated heterocycles. The average molecular weight is 654 g/mol. The molecule has 0 fully saturated rings. The smallest absolute Gasteiger partial charge is 0.136 e. The van der Waals surface area contributed by atoms with Crippen LogP contribution in [-0.4, -0.2) is 0 Å². The molecule has 0 bridgehead atoms. The molecule has 9 aromatic rings. The zero-order chi connectivity index (χ0) is 34.1. The van der Waals surface area contributed by atoms with Gasteiger partial charge in [-0.1, -0.05) is 135 Å². The molecule has 1 aliphatic rings. The Morgan fingerprint density at radius 2 is 1.08 bits per heavy atom. The molecule has 0 saturated carbocycles. The van der Waals surface area contributed by atoms with Crippen molar-refractivity contribution < 1.29 is 4.42 Å². The van der Waals surface area contributed by atoms with Crippen molar-refractivity contribution >= 4 is 49.8 Å². The first-order valence-electron chi connectivity index (χ1n) is 17.7. The Bertz CT molecular complexity index is 2770. The minimum absolute atomic E-state index is 0.106. The van der Waals surface area contributed by atoms with Gasteiger partial charge >= 0.3 is 0 Å². The van der Waals surface area contributed by atoms with Crippen molar-refractivity contribution in [1.29, 1.82) is 0 Å². The van der Waals surface area contributed by atoms with Gasteiger partial charge in [-0.25, -0.2) is 0 Å². The van der Waals surface area contributed by atoms with E-state index in [9.17, 15) is 0 Å². The molecular formula is C49H35NO. The summed E-state index contributed by atoms with van der Waals surface area (Å²) >= 11 is 0. The van der Waals surface area contributed by atoms with Crippen molar-refractivity contribution in [1.82, 2.24) is 0 Å². The number of nitrogens with zero attached hydrogens (tertiary/aromatic N) is 1. The lowest BCUT2D eigenvalue weighted by atomic mass is 9.82. The highest BCUT2D eigenvalue weighted by Crippen LogP contribution is 2.51. The maximum atomic E-state index is 6.22. The molecule has 8 aromatic carbocycles. The molecule has 0 unspecified atom stereocenters. The summed E-state index contributed by atoms with van der Waals surface area (Å²) in [5, 5.41) is 4.64. The Kier molecular flexibility index (Phi) is 6.56. The van der Waals surface area contributed by atoms with Gasteiger partial charge in [0.25, 0.3) is 0 Å². The number of para-hydroxylation sites is 2. The third kappa shape index (κ3) is 4.71. The van der Waals surface area contributed by atoms with Crippen LogP contribution in [0.3, 0.4) is 0 Å². The number of anilines is 3. The van der Waals surface area contributed by atoms with Crippen molar-refractivity contribution in [3.05, 3.63) is 187 Å². The summed E-state index contributed by atoms with van der Waals surface area (Å²) in [6.07, 6.45) is 0. The predicted molar refractivity (Wildman–Crippen MR) is 214 cm³/mol. The van der Waals surface area contributed by atoms with Crippen molar-refractivity contribution in [2.45, 2.75) is 19.3 Å². The molecule has 10 rings (SSSR count). The number of hydrogen-bond acceptors (Lipinski definition) is 2. The van der Waals surface area contributed by atoms with Gasteiger partial charge in [0.2, 0.25) is 0 Å². The first kappa shape index (κ1) is 29.5. The highest BCUT2D eigenvalue weighted by atomic mass is 16.3. The molecule has 0 radical (unpaired) electrons. The topological polar surface area (TPSA) is 16.4 Å². The summed E-state index contributed by atoms with van der Waals surface area (Å²) in [6.45, 7) is 4.70. The van der Waals surface area contributed by atoms with Gasteiger partial charge in [0.15, 0.2) is 0 Å². The van der Waals surface area contributed by atoms with E-state index in [1.165, 1.54) is 49.9 Å². The van der Waals surface area contributed by atoms with Gasteiger partial charge in [-0.2, -0.15) is 0 Å². The summed E-state index contributed by atoms with van der Waals surface area (Å²) < 4.78 is 6.22. The van der Waals surface area contributed by atoms with Crippen LogP contribution in [0.5, 0.6) is 0 Å². The van der Waals surface area contributed by atoms with Crippen LogP contribution < -0.4 is 4.90 Å². The van der Waals surface area contributed by atoms with Crippen LogP contribution in [0.15, 0.2) is 180 Å². The summed E-state index contributed by atoms with van der Waals surface area (Å²) in [6, 6.07) is 63.8. The lowest BCUT2D eigenvalue weighted by Gasteiger charge is -2.30. The first-order chi connectivity index (χ1) is 25.0. The minimum Gasteiger partial charge on any atom is -0.456 e. The second-order valence-corrected chi connectivity index (χ2v) is 14.2. The molecule has 1 heterocycles. The Morgan fingerprint density at radius 3 is 1.94 bits per heavy atom. The molecule has 0 aliphatic heterocycles. The molecule has 0 spiro atoms. The monoisotopic (exact) mass is 653 g/mol. The fourth-order valence-corrected chi connectivity index (χ4v) is 8.24. The van der Waals surface area contributed by atoms with Gasteiger partial charge < -0.3 is 9.32 Å². The quantitative estimate of drug-likeness (QED) is 0.184. The lowest BCUT2D eigenvalue weighted by molar-refractivity contribution is 0.660. The van der Waals surface area contributed by atoms with E-state index in [1.807, 2.05) is 12.1 Å². The van der Waals surface area contributed by atoms with Gasteiger partial charge in [-0.15, -0.1) is 0 Å². The molecule has 0 amide bonds. The number of hydrogen-bond donors (Lipinski definition) is 0. The Labute approximate surface area is 297 Å². The molecule has 0 N–H and O–H groups in total. The van der Waals surface area contributed by atoms with Crippen LogP contribution in [0.4, 0.5) is 17.1 Å². The van der Waals surface area contributed by atoms with E-state index in [-0.39, 0.29) is 5.41 Å². The zero-order valence-corrected chi connectivity index (χ0v) is 28.6. The number of benzene rings is 8. The molecule has 1 aromatic heterocycles. The van der Waals surface area contributed by atoms with Crippen molar-refractivity contribution in [3.8, 4) is 33.4 Å². The van der Waals surface area contributed by atoms with E-state index in [2.05, 4.69) is 183 Å². The van der Waals surface area contributed by atoms with Crippen LogP contribution in [0, 0.1) is 0 Å². The Morgan fingerprint density at radius 1 is 0.412 bits per heavy atom. The first-order valence-corrected chi connectivity index (χ1v) is 17.7. The maximum absolute atomic E-state index is 6.22. The highest BCUT2D eigenvalue weighted by Gasteiger charge is 2.35. The maximum Gasteiger partial charge on any atom is 0.136 e. The van der Waals surface area contributed by atoms with Crippen LogP contribution in [0.25, 0.3) is 66.1 Å². The van der Waals surface area contributed by atoms with Crippen LogP contribution in [-0.2, 0) is 5.41 Å². The third-order valence-electron chi connectivity index (χ3n) is 10.8. The number of fused-ring (bicyclic) bond motifs is 7. The average Bonchev–Trinajstić information content (AvgIpc) is 3.65. The number of furan rings is 1. The number of rotatable bonds is 5. The molecule has 51 heavy (non-hydrogen) atoms. The molecule has 2 heteroatoms. The van der Waals surface area contributed by atoms with E-state index >= 15 is 0 Å². The highest BCUT2D eigenvalue weighted by molar-refractivity contribution is 6.10. The Balaban J connectivity index is 1.15. The standard InChI is InChI=1S/C49H35NO/c1-49(2)44-17-9-6-15-40(44)41-27-26-38(31-45(41)49)50(37-24-22-33(23-25-37)32-12-4-3-5-13-32)46-18-10-7-14-39(46)35-21-20-34-30-48-43(29-36(34)28-35)42-16-8-11-19-47(42)51-48/h3-31H,1-2H3. The van der Waals surface area contributed by atoms with Gasteiger partial charge in [-0.05, 0) is 104 Å². The molecule has 2 nitrogen and oxygen atoms in total. The summed E-state index contributed by atoms with van der Waals surface area (Å²) in [5.74, 6) is 0. The van der Waals surface area contributed by atoms with Crippen molar-refractivity contribution in [2.24, 2.45) is 0 Å².